The third-order valence-corrected chi connectivity index (χ3v) is 8.94. The van der Waals surface area contributed by atoms with Gasteiger partial charge in [-0.05, 0) is 80.8 Å². The molecule has 2 aliphatic heterocycles. The van der Waals surface area contributed by atoms with Crippen LogP contribution in [0.25, 0.3) is 11.1 Å². The fourth-order valence-electron chi connectivity index (χ4n) is 6.24. The van der Waals surface area contributed by atoms with Crippen LogP contribution in [-0.2, 0) is 27.3 Å². The number of piperazine rings is 1. The summed E-state index contributed by atoms with van der Waals surface area (Å²) in [5.74, 6) is -0.625. The van der Waals surface area contributed by atoms with Crippen molar-refractivity contribution in [1.82, 2.24) is 9.88 Å². The molecule has 0 aliphatic carbocycles. The van der Waals surface area contributed by atoms with Crippen molar-refractivity contribution >= 4 is 17.4 Å². The first-order valence-electron chi connectivity index (χ1n) is 14.8. The van der Waals surface area contributed by atoms with E-state index in [2.05, 4.69) is 21.7 Å². The van der Waals surface area contributed by atoms with Crippen LogP contribution in [-0.4, -0.2) is 67.8 Å². The minimum atomic E-state index is -5.07. The van der Waals surface area contributed by atoms with E-state index in [1.807, 2.05) is 0 Å². The number of carbonyl (C=O) groups excluding carboxylic acids is 1. The molecule has 2 atom stereocenters. The minimum absolute atomic E-state index is 0.0338. The third-order valence-electron chi connectivity index (χ3n) is 8.94. The number of alkyl halides is 6. The highest BCUT2D eigenvalue weighted by atomic mass is 19.4. The molecule has 0 radical (unpaired) electrons. The molecule has 2 aliphatic rings. The summed E-state index contributed by atoms with van der Waals surface area (Å²) in [7, 11) is 1.39. The molecule has 6 nitrogen and oxygen atoms in total. The summed E-state index contributed by atoms with van der Waals surface area (Å²) in [6, 6.07) is 7.38. The van der Waals surface area contributed by atoms with E-state index in [4.69, 9.17) is 4.74 Å². The van der Waals surface area contributed by atoms with Gasteiger partial charge in [0.2, 0.25) is 5.91 Å². The molecular weight excluding hydrogens is 617 g/mol. The Morgan fingerprint density at radius 2 is 1.57 bits per heavy atom. The molecule has 0 bridgehead atoms. The average Bonchev–Trinajstić information content (AvgIpc) is 2.98. The number of fused-ring (bicyclic) bond motifs is 1. The van der Waals surface area contributed by atoms with Crippen molar-refractivity contribution in [3.8, 4) is 11.1 Å². The number of hydrogen-bond acceptors (Lipinski definition) is 5. The van der Waals surface area contributed by atoms with Gasteiger partial charge < -0.3 is 14.5 Å². The van der Waals surface area contributed by atoms with Gasteiger partial charge in [0.05, 0.1) is 47.7 Å². The second-order valence-corrected chi connectivity index (χ2v) is 12.5. The number of aryl methyl sites for hydroxylation is 1. The van der Waals surface area contributed by atoms with Gasteiger partial charge in [0.15, 0.2) is 0 Å². The van der Waals surface area contributed by atoms with Crippen LogP contribution < -0.4 is 9.80 Å². The van der Waals surface area contributed by atoms with Crippen LogP contribution in [0.1, 0.15) is 43.0 Å². The average molecular weight is 653 g/mol. The van der Waals surface area contributed by atoms with E-state index in [1.165, 1.54) is 44.1 Å². The molecule has 2 saturated heterocycles. The Balaban J connectivity index is 1.58. The Morgan fingerprint density at radius 3 is 2.17 bits per heavy atom. The number of morpholine rings is 1. The number of benzene rings is 2. The van der Waals surface area contributed by atoms with Gasteiger partial charge in [0.25, 0.3) is 0 Å². The van der Waals surface area contributed by atoms with Gasteiger partial charge in [-0.3, -0.25) is 9.69 Å². The maximum absolute atomic E-state index is 14.1. The fraction of sp³-hybridized carbons (Fsp3) is 0.455. The van der Waals surface area contributed by atoms with Crippen molar-refractivity contribution in [2.24, 2.45) is 0 Å². The number of pyridine rings is 1. The predicted octanol–water partition coefficient (Wildman–Crippen LogP) is 7.08. The molecule has 0 saturated carbocycles. The third kappa shape index (κ3) is 6.57. The summed E-state index contributed by atoms with van der Waals surface area (Å²) in [6.45, 7) is 9.82. The van der Waals surface area contributed by atoms with Crippen molar-refractivity contribution in [3.63, 3.8) is 0 Å². The molecule has 1 amide bonds. The largest absolute Gasteiger partial charge is 0.416 e. The van der Waals surface area contributed by atoms with E-state index >= 15 is 0 Å². The van der Waals surface area contributed by atoms with E-state index in [9.17, 15) is 35.5 Å². The Morgan fingerprint density at radius 1 is 0.935 bits per heavy atom. The minimum Gasteiger partial charge on any atom is -0.378 e. The van der Waals surface area contributed by atoms with Crippen LogP contribution in [0.3, 0.4) is 0 Å². The van der Waals surface area contributed by atoms with E-state index < -0.39 is 46.2 Å². The van der Waals surface area contributed by atoms with Crippen LogP contribution in [0.4, 0.5) is 42.2 Å². The second kappa shape index (κ2) is 12.1. The van der Waals surface area contributed by atoms with Crippen molar-refractivity contribution in [1.29, 1.82) is 0 Å². The lowest BCUT2D eigenvalue weighted by Crippen LogP contribution is -2.61. The summed E-state index contributed by atoms with van der Waals surface area (Å²) in [5.41, 5.74) is -3.38. The van der Waals surface area contributed by atoms with E-state index in [1.54, 1.807) is 19.1 Å². The van der Waals surface area contributed by atoms with Crippen molar-refractivity contribution in [2.75, 3.05) is 49.7 Å². The van der Waals surface area contributed by atoms with Crippen molar-refractivity contribution in [2.45, 2.75) is 57.5 Å². The van der Waals surface area contributed by atoms with E-state index in [0.29, 0.717) is 54.4 Å². The van der Waals surface area contributed by atoms with Crippen molar-refractivity contribution < 1.29 is 40.3 Å². The molecule has 46 heavy (non-hydrogen) atoms. The first-order chi connectivity index (χ1) is 21.4. The number of halogens is 7. The summed E-state index contributed by atoms with van der Waals surface area (Å²) in [4.78, 5) is 24.4. The molecule has 13 heteroatoms. The molecular formula is C33H35F7N4O2. The highest BCUT2D eigenvalue weighted by molar-refractivity contribution is 6.03. The molecule has 0 unspecified atom stereocenters. The topological polar surface area (TPSA) is 48.9 Å². The van der Waals surface area contributed by atoms with Gasteiger partial charge in [0, 0.05) is 38.3 Å². The van der Waals surface area contributed by atoms with Crippen molar-refractivity contribution in [3.05, 3.63) is 76.7 Å². The smallest absolute Gasteiger partial charge is 0.378 e. The standard InChI is InChI=1S/C33H35F7N4O2/c1-19-10-24(34)6-7-26(19)27-14-29(44-17-25-18-46-9-8-43(25)16-20(44)2)41-15-28(27)42(5)30(45)31(3,4)21-11-22(32(35,36)37)13-23(12-21)33(38,39)40/h6-7,10-15,20,25H,8-9,16-18H2,1-5H3/t20-,25+/m1/s1. The zero-order chi connectivity index (χ0) is 33.8. The number of hydrogen-bond donors (Lipinski definition) is 0. The highest BCUT2D eigenvalue weighted by Gasteiger charge is 2.42. The fourth-order valence-corrected chi connectivity index (χ4v) is 6.24. The van der Waals surface area contributed by atoms with Gasteiger partial charge in [-0.15, -0.1) is 0 Å². The number of nitrogens with zero attached hydrogens (tertiary/aromatic N) is 4. The number of amides is 1. The number of likely N-dealkylation sites (N-methyl/N-ethyl adjacent to an activating group) is 1. The zero-order valence-electron chi connectivity index (χ0n) is 26.1. The molecule has 248 valence electrons. The molecule has 2 fully saturated rings. The molecule has 5 rings (SSSR count). The van der Waals surface area contributed by atoms with Gasteiger partial charge in [0.1, 0.15) is 11.6 Å². The molecule has 3 aromatic rings. The Labute approximate surface area is 262 Å². The number of aromatic nitrogens is 1. The summed E-state index contributed by atoms with van der Waals surface area (Å²) < 4.78 is 102. The number of rotatable bonds is 5. The lowest BCUT2D eigenvalue weighted by Gasteiger charge is -2.47. The van der Waals surface area contributed by atoms with E-state index in [-0.39, 0.29) is 23.8 Å². The van der Waals surface area contributed by atoms with Gasteiger partial charge in [-0.25, -0.2) is 9.37 Å². The second-order valence-electron chi connectivity index (χ2n) is 12.5. The molecule has 1 aromatic heterocycles. The number of ether oxygens (including phenoxy) is 1. The lowest BCUT2D eigenvalue weighted by molar-refractivity contribution is -0.143. The first-order valence-corrected chi connectivity index (χ1v) is 14.8. The zero-order valence-corrected chi connectivity index (χ0v) is 26.1. The van der Waals surface area contributed by atoms with Crippen LogP contribution in [0.5, 0.6) is 0 Å². The van der Waals surface area contributed by atoms with Crippen LogP contribution in [0.15, 0.2) is 48.7 Å². The molecule has 3 heterocycles. The summed E-state index contributed by atoms with van der Waals surface area (Å²) >= 11 is 0. The van der Waals surface area contributed by atoms with Gasteiger partial charge in [-0.1, -0.05) is 6.07 Å². The van der Waals surface area contributed by atoms with Crippen LogP contribution in [0, 0.1) is 12.7 Å². The maximum Gasteiger partial charge on any atom is 0.416 e. The Kier molecular flexibility index (Phi) is 8.88. The summed E-state index contributed by atoms with van der Waals surface area (Å²) in [5, 5.41) is 0. The highest BCUT2D eigenvalue weighted by Crippen LogP contribution is 2.41. The van der Waals surface area contributed by atoms with Crippen LogP contribution in [0.2, 0.25) is 0 Å². The molecule has 0 N–H and O–H groups in total. The van der Waals surface area contributed by atoms with Gasteiger partial charge >= 0.3 is 12.4 Å². The Hall–Kier alpha value is -3.71. The first kappa shape index (κ1) is 33.6. The number of carbonyl (C=O) groups is 1. The quantitative estimate of drug-likeness (QED) is 0.276. The maximum atomic E-state index is 14.1. The molecule has 0 spiro atoms. The SMILES string of the molecule is Cc1cc(F)ccc1-c1cc(N2C[C@H]3COCCN3C[C@H]2C)ncc1N(C)C(=O)C(C)(C)c1cc(C(F)(F)F)cc(C(F)(F)F)c1. The Bertz CT molecular complexity index is 1590. The lowest BCUT2D eigenvalue weighted by atomic mass is 9.81. The number of anilines is 2. The molecule has 2 aromatic carbocycles. The monoisotopic (exact) mass is 652 g/mol. The summed E-state index contributed by atoms with van der Waals surface area (Å²) in [6.07, 6.45) is -8.67. The predicted molar refractivity (Wildman–Crippen MR) is 160 cm³/mol. The van der Waals surface area contributed by atoms with Gasteiger partial charge in [-0.2, -0.15) is 26.3 Å². The van der Waals surface area contributed by atoms with Crippen LogP contribution >= 0.6 is 0 Å². The van der Waals surface area contributed by atoms with E-state index in [0.717, 1.165) is 13.1 Å². The normalized spacial score (nSPS) is 19.6.